The SMILES string of the molecule is CCn1cc(CNC2CCC(C)C2C)cn1. The predicted molar refractivity (Wildman–Crippen MR) is 66.1 cm³/mol. The summed E-state index contributed by atoms with van der Waals surface area (Å²) in [5.74, 6) is 1.68. The molecule has 0 bridgehead atoms. The molecule has 1 aliphatic carbocycles. The van der Waals surface area contributed by atoms with Crippen LogP contribution in [0.4, 0.5) is 0 Å². The normalized spacial score (nSPS) is 29.8. The molecule has 0 aromatic carbocycles. The minimum Gasteiger partial charge on any atom is -0.310 e. The zero-order valence-electron chi connectivity index (χ0n) is 10.6. The van der Waals surface area contributed by atoms with E-state index in [1.807, 2.05) is 10.9 Å². The van der Waals surface area contributed by atoms with Gasteiger partial charge < -0.3 is 5.32 Å². The molecule has 0 radical (unpaired) electrons. The molecule has 3 nitrogen and oxygen atoms in total. The molecule has 0 spiro atoms. The van der Waals surface area contributed by atoms with Crippen molar-refractivity contribution >= 4 is 0 Å². The van der Waals surface area contributed by atoms with Crippen molar-refractivity contribution in [1.29, 1.82) is 0 Å². The average Bonchev–Trinajstić information content (AvgIpc) is 2.86. The van der Waals surface area contributed by atoms with E-state index < -0.39 is 0 Å². The van der Waals surface area contributed by atoms with Crippen LogP contribution in [0.1, 0.15) is 39.2 Å². The Balaban J connectivity index is 1.83. The Morgan fingerprint density at radius 1 is 1.44 bits per heavy atom. The Bertz CT molecular complexity index is 332. The smallest absolute Gasteiger partial charge is 0.0534 e. The first kappa shape index (κ1) is 11.6. The van der Waals surface area contributed by atoms with Gasteiger partial charge in [-0.3, -0.25) is 4.68 Å². The highest BCUT2D eigenvalue weighted by atomic mass is 15.3. The van der Waals surface area contributed by atoms with Gasteiger partial charge >= 0.3 is 0 Å². The van der Waals surface area contributed by atoms with Crippen molar-refractivity contribution in [3.05, 3.63) is 18.0 Å². The quantitative estimate of drug-likeness (QED) is 0.846. The lowest BCUT2D eigenvalue weighted by Crippen LogP contribution is -2.31. The molecule has 1 N–H and O–H groups in total. The maximum atomic E-state index is 4.29. The third kappa shape index (κ3) is 2.46. The van der Waals surface area contributed by atoms with Gasteiger partial charge in [-0.15, -0.1) is 0 Å². The van der Waals surface area contributed by atoms with Gasteiger partial charge in [0.1, 0.15) is 0 Å². The topological polar surface area (TPSA) is 29.9 Å². The number of hydrogen-bond donors (Lipinski definition) is 1. The Morgan fingerprint density at radius 2 is 2.25 bits per heavy atom. The minimum atomic E-state index is 0.694. The van der Waals surface area contributed by atoms with Gasteiger partial charge in [0.2, 0.25) is 0 Å². The Kier molecular flexibility index (Phi) is 3.64. The second-order valence-electron chi connectivity index (χ2n) is 5.11. The monoisotopic (exact) mass is 221 g/mol. The first-order valence-corrected chi connectivity index (χ1v) is 6.45. The molecule has 1 heterocycles. The summed E-state index contributed by atoms with van der Waals surface area (Å²) in [7, 11) is 0. The number of aryl methyl sites for hydroxylation is 1. The van der Waals surface area contributed by atoms with Crippen LogP contribution in [0, 0.1) is 11.8 Å². The second kappa shape index (κ2) is 5.00. The van der Waals surface area contributed by atoms with Crippen molar-refractivity contribution in [3.63, 3.8) is 0 Å². The van der Waals surface area contributed by atoms with Crippen LogP contribution in [0.5, 0.6) is 0 Å². The molecule has 16 heavy (non-hydrogen) atoms. The van der Waals surface area contributed by atoms with E-state index in [2.05, 4.69) is 37.4 Å². The number of rotatable bonds is 4. The molecule has 90 valence electrons. The van der Waals surface area contributed by atoms with E-state index in [9.17, 15) is 0 Å². The zero-order chi connectivity index (χ0) is 11.5. The largest absolute Gasteiger partial charge is 0.310 e. The Labute approximate surface area is 98.2 Å². The van der Waals surface area contributed by atoms with Gasteiger partial charge in [-0.1, -0.05) is 13.8 Å². The summed E-state index contributed by atoms with van der Waals surface area (Å²) >= 11 is 0. The van der Waals surface area contributed by atoms with Crippen LogP contribution in [0.3, 0.4) is 0 Å². The summed E-state index contributed by atoms with van der Waals surface area (Å²) in [5, 5.41) is 7.95. The van der Waals surface area contributed by atoms with Gasteiger partial charge in [-0.05, 0) is 31.6 Å². The average molecular weight is 221 g/mol. The van der Waals surface area contributed by atoms with Crippen LogP contribution < -0.4 is 5.32 Å². The number of aromatic nitrogens is 2. The third-order valence-electron chi connectivity index (χ3n) is 4.04. The summed E-state index contributed by atoms with van der Waals surface area (Å²) in [6.07, 6.45) is 6.80. The van der Waals surface area contributed by atoms with Crippen LogP contribution in [-0.2, 0) is 13.1 Å². The van der Waals surface area contributed by atoms with Crippen LogP contribution in [0.2, 0.25) is 0 Å². The van der Waals surface area contributed by atoms with Crippen molar-refractivity contribution in [2.24, 2.45) is 11.8 Å². The molecule has 3 heteroatoms. The van der Waals surface area contributed by atoms with Crippen LogP contribution in [0.25, 0.3) is 0 Å². The van der Waals surface area contributed by atoms with E-state index >= 15 is 0 Å². The standard InChI is InChI=1S/C13H23N3/c1-4-16-9-12(8-15-16)7-14-13-6-5-10(2)11(13)3/h8-11,13-14H,4-7H2,1-3H3. The van der Waals surface area contributed by atoms with E-state index in [0.717, 1.165) is 24.9 Å². The molecule has 2 rings (SSSR count). The van der Waals surface area contributed by atoms with Crippen molar-refractivity contribution in [1.82, 2.24) is 15.1 Å². The minimum absolute atomic E-state index is 0.694. The van der Waals surface area contributed by atoms with E-state index in [1.165, 1.54) is 18.4 Å². The lowest BCUT2D eigenvalue weighted by Gasteiger charge is -2.19. The van der Waals surface area contributed by atoms with E-state index in [1.54, 1.807) is 0 Å². The van der Waals surface area contributed by atoms with E-state index in [4.69, 9.17) is 0 Å². The number of hydrogen-bond acceptors (Lipinski definition) is 2. The van der Waals surface area contributed by atoms with Crippen molar-refractivity contribution in [2.75, 3.05) is 0 Å². The molecule has 0 saturated heterocycles. The highest BCUT2D eigenvalue weighted by Crippen LogP contribution is 2.31. The molecule has 1 aromatic rings. The molecule has 3 atom stereocenters. The summed E-state index contributed by atoms with van der Waals surface area (Å²) in [6, 6.07) is 0.694. The molecule has 1 aliphatic rings. The van der Waals surface area contributed by atoms with Crippen molar-refractivity contribution < 1.29 is 0 Å². The summed E-state index contributed by atoms with van der Waals surface area (Å²) in [6.45, 7) is 8.76. The number of nitrogens with one attached hydrogen (secondary N) is 1. The maximum Gasteiger partial charge on any atom is 0.0534 e. The van der Waals surface area contributed by atoms with Gasteiger partial charge in [-0.25, -0.2) is 0 Å². The first-order chi connectivity index (χ1) is 7.70. The van der Waals surface area contributed by atoms with Crippen LogP contribution in [0.15, 0.2) is 12.4 Å². The molecule has 1 fully saturated rings. The Hall–Kier alpha value is -0.830. The molecule has 0 amide bonds. The van der Waals surface area contributed by atoms with Crippen molar-refractivity contribution in [3.8, 4) is 0 Å². The van der Waals surface area contributed by atoms with Crippen LogP contribution >= 0.6 is 0 Å². The maximum absolute atomic E-state index is 4.29. The lowest BCUT2D eigenvalue weighted by atomic mass is 9.98. The fourth-order valence-electron chi connectivity index (χ4n) is 2.57. The second-order valence-corrected chi connectivity index (χ2v) is 5.11. The molecular weight excluding hydrogens is 198 g/mol. The third-order valence-corrected chi connectivity index (χ3v) is 4.04. The van der Waals surface area contributed by atoms with Crippen LogP contribution in [-0.4, -0.2) is 15.8 Å². The molecule has 3 unspecified atom stereocenters. The van der Waals surface area contributed by atoms with E-state index in [0.29, 0.717) is 6.04 Å². The highest BCUT2D eigenvalue weighted by Gasteiger charge is 2.28. The summed E-state index contributed by atoms with van der Waals surface area (Å²) in [4.78, 5) is 0. The predicted octanol–water partition coefficient (Wildman–Crippen LogP) is 2.43. The molecule has 1 saturated carbocycles. The number of nitrogens with zero attached hydrogens (tertiary/aromatic N) is 2. The van der Waals surface area contributed by atoms with Gasteiger partial charge in [0, 0.05) is 30.9 Å². The molecular formula is C13H23N3. The fraction of sp³-hybridized carbons (Fsp3) is 0.769. The van der Waals surface area contributed by atoms with E-state index in [-0.39, 0.29) is 0 Å². The fourth-order valence-corrected chi connectivity index (χ4v) is 2.57. The Morgan fingerprint density at radius 3 is 2.81 bits per heavy atom. The molecule has 0 aliphatic heterocycles. The van der Waals surface area contributed by atoms with Crippen molar-refractivity contribution in [2.45, 2.75) is 52.7 Å². The highest BCUT2D eigenvalue weighted by molar-refractivity contribution is 5.04. The molecule has 1 aromatic heterocycles. The zero-order valence-corrected chi connectivity index (χ0v) is 10.6. The first-order valence-electron chi connectivity index (χ1n) is 6.45. The lowest BCUT2D eigenvalue weighted by molar-refractivity contribution is 0.370. The van der Waals surface area contributed by atoms with Gasteiger partial charge in [0.15, 0.2) is 0 Å². The van der Waals surface area contributed by atoms with Gasteiger partial charge in [0.05, 0.1) is 6.20 Å². The summed E-state index contributed by atoms with van der Waals surface area (Å²) in [5.41, 5.74) is 1.30. The summed E-state index contributed by atoms with van der Waals surface area (Å²) < 4.78 is 1.98. The van der Waals surface area contributed by atoms with Gasteiger partial charge in [-0.2, -0.15) is 5.10 Å². The van der Waals surface area contributed by atoms with Gasteiger partial charge in [0.25, 0.3) is 0 Å².